The van der Waals surface area contributed by atoms with Gasteiger partial charge in [0.1, 0.15) is 18.4 Å². The molecule has 3 aromatic carbocycles. The molecule has 208 valence electrons. The van der Waals surface area contributed by atoms with E-state index in [1.54, 1.807) is 56.3 Å². The molecule has 0 radical (unpaired) electrons. The summed E-state index contributed by atoms with van der Waals surface area (Å²) < 4.78 is 43.4. The van der Waals surface area contributed by atoms with Crippen molar-refractivity contribution in [2.24, 2.45) is 0 Å². The van der Waals surface area contributed by atoms with E-state index in [-0.39, 0.29) is 23.0 Å². The molecule has 0 aromatic heterocycles. The minimum absolute atomic E-state index is 0.0287. The molecular weight excluding hydrogens is 517 g/mol. The minimum atomic E-state index is -4.16. The van der Waals surface area contributed by atoms with Crippen molar-refractivity contribution in [2.75, 3.05) is 10.8 Å². The zero-order valence-corrected chi connectivity index (χ0v) is 23.8. The molecule has 0 saturated carbocycles. The lowest BCUT2D eigenvalue weighted by atomic mass is 10.1. The van der Waals surface area contributed by atoms with Crippen LogP contribution in [0.5, 0.6) is 0 Å². The van der Waals surface area contributed by atoms with Crippen LogP contribution in [0.25, 0.3) is 0 Å². The van der Waals surface area contributed by atoms with Crippen LogP contribution in [0.1, 0.15) is 43.9 Å². The lowest BCUT2D eigenvalue weighted by Crippen LogP contribution is -2.52. The Morgan fingerprint density at radius 1 is 0.949 bits per heavy atom. The van der Waals surface area contributed by atoms with E-state index >= 15 is 0 Å². The first-order chi connectivity index (χ1) is 18.4. The van der Waals surface area contributed by atoms with E-state index in [0.717, 1.165) is 9.87 Å². The van der Waals surface area contributed by atoms with E-state index in [4.69, 9.17) is 0 Å². The standard InChI is InChI=1S/C30H36FN3O4S/c1-6-23(4)32-30(36)24(5)33(19-25-12-10-11-15-27(25)31)29(35)20-34(28-17-16-21(2)18-22(28)3)39(37,38)26-13-8-7-9-14-26/h7-18,23-24H,6,19-20H2,1-5H3,(H,32,36)/t23-,24-/m1/s1. The quantitative estimate of drug-likeness (QED) is 0.363. The number of anilines is 1. The minimum Gasteiger partial charge on any atom is -0.352 e. The number of carbonyl (C=O) groups excluding carboxylic acids is 2. The average Bonchev–Trinajstić information content (AvgIpc) is 2.91. The van der Waals surface area contributed by atoms with Crippen LogP contribution in [0.2, 0.25) is 0 Å². The molecule has 0 spiro atoms. The monoisotopic (exact) mass is 553 g/mol. The number of amides is 2. The maximum absolute atomic E-state index is 14.6. The number of rotatable bonds is 11. The fourth-order valence-electron chi connectivity index (χ4n) is 4.18. The highest BCUT2D eigenvalue weighted by molar-refractivity contribution is 7.92. The van der Waals surface area contributed by atoms with Crippen molar-refractivity contribution in [1.82, 2.24) is 10.2 Å². The number of nitrogens with zero attached hydrogens (tertiary/aromatic N) is 2. The van der Waals surface area contributed by atoms with Crippen LogP contribution in [0.4, 0.5) is 10.1 Å². The Morgan fingerprint density at radius 2 is 1.59 bits per heavy atom. The lowest BCUT2D eigenvalue weighted by Gasteiger charge is -2.33. The second kappa shape index (κ2) is 12.9. The van der Waals surface area contributed by atoms with Crippen molar-refractivity contribution in [3.63, 3.8) is 0 Å². The molecule has 0 bridgehead atoms. The Kier molecular flexibility index (Phi) is 9.86. The number of hydrogen-bond donors (Lipinski definition) is 1. The van der Waals surface area contributed by atoms with Crippen LogP contribution >= 0.6 is 0 Å². The van der Waals surface area contributed by atoms with Crippen molar-refractivity contribution in [3.8, 4) is 0 Å². The number of hydrogen-bond acceptors (Lipinski definition) is 4. The summed E-state index contributed by atoms with van der Waals surface area (Å²) in [5.74, 6) is -1.56. The average molecular weight is 554 g/mol. The first kappa shape index (κ1) is 29.8. The molecule has 0 aliphatic heterocycles. The summed E-state index contributed by atoms with van der Waals surface area (Å²) in [6, 6.07) is 18.0. The molecule has 2 amide bonds. The highest BCUT2D eigenvalue weighted by Gasteiger charge is 2.33. The number of sulfonamides is 1. The van der Waals surface area contributed by atoms with Crippen LogP contribution in [-0.4, -0.2) is 43.8 Å². The van der Waals surface area contributed by atoms with Gasteiger partial charge < -0.3 is 10.2 Å². The Balaban J connectivity index is 2.06. The Bertz CT molecular complexity index is 1410. The van der Waals surface area contributed by atoms with E-state index in [1.807, 2.05) is 26.8 Å². The van der Waals surface area contributed by atoms with Crippen LogP contribution in [0.3, 0.4) is 0 Å². The number of nitrogens with one attached hydrogen (secondary N) is 1. The molecule has 3 rings (SSSR count). The predicted octanol–water partition coefficient (Wildman–Crippen LogP) is 4.97. The molecule has 0 aliphatic carbocycles. The second-order valence-corrected chi connectivity index (χ2v) is 11.6. The normalized spacial score (nSPS) is 12.9. The van der Waals surface area contributed by atoms with E-state index in [1.165, 1.54) is 29.2 Å². The number of carbonyl (C=O) groups is 2. The SMILES string of the molecule is CC[C@@H](C)NC(=O)[C@@H](C)N(Cc1ccccc1F)C(=O)CN(c1ccc(C)cc1C)S(=O)(=O)c1ccccc1. The molecule has 9 heteroatoms. The summed E-state index contributed by atoms with van der Waals surface area (Å²) in [6.07, 6.45) is 0.690. The third-order valence-electron chi connectivity index (χ3n) is 6.70. The molecule has 0 fully saturated rings. The van der Waals surface area contributed by atoms with E-state index < -0.39 is 40.2 Å². The van der Waals surface area contributed by atoms with Crippen LogP contribution in [0.15, 0.2) is 77.7 Å². The lowest BCUT2D eigenvalue weighted by molar-refractivity contribution is -0.139. The van der Waals surface area contributed by atoms with E-state index in [2.05, 4.69) is 5.32 Å². The number of aryl methyl sites for hydroxylation is 2. The summed E-state index contributed by atoms with van der Waals surface area (Å²) in [5.41, 5.74) is 2.18. The van der Waals surface area contributed by atoms with Gasteiger partial charge in [-0.15, -0.1) is 0 Å². The topological polar surface area (TPSA) is 86.8 Å². The highest BCUT2D eigenvalue weighted by atomic mass is 32.2. The fraction of sp³-hybridized carbons (Fsp3) is 0.333. The van der Waals surface area contributed by atoms with Crippen molar-refractivity contribution < 1.29 is 22.4 Å². The summed E-state index contributed by atoms with van der Waals surface area (Å²) >= 11 is 0. The molecule has 3 aromatic rings. The molecule has 1 N–H and O–H groups in total. The number of halogens is 1. The maximum atomic E-state index is 14.6. The molecule has 2 atom stereocenters. The first-order valence-corrected chi connectivity index (χ1v) is 14.4. The summed E-state index contributed by atoms with van der Waals surface area (Å²) in [7, 11) is -4.16. The van der Waals surface area contributed by atoms with Crippen LogP contribution in [0, 0.1) is 19.7 Å². The van der Waals surface area contributed by atoms with Crippen molar-refractivity contribution in [2.45, 2.75) is 64.6 Å². The van der Waals surface area contributed by atoms with Crippen molar-refractivity contribution in [3.05, 3.63) is 95.3 Å². The van der Waals surface area contributed by atoms with Gasteiger partial charge in [0.2, 0.25) is 11.8 Å². The van der Waals surface area contributed by atoms with Gasteiger partial charge in [0.05, 0.1) is 10.6 Å². The van der Waals surface area contributed by atoms with Gasteiger partial charge in [-0.1, -0.05) is 61.0 Å². The predicted molar refractivity (Wildman–Crippen MR) is 151 cm³/mol. The maximum Gasteiger partial charge on any atom is 0.264 e. The molecule has 0 unspecified atom stereocenters. The van der Waals surface area contributed by atoms with Gasteiger partial charge in [0.25, 0.3) is 10.0 Å². The van der Waals surface area contributed by atoms with E-state index in [9.17, 15) is 22.4 Å². The van der Waals surface area contributed by atoms with Crippen molar-refractivity contribution in [1.29, 1.82) is 0 Å². The molecule has 0 heterocycles. The highest BCUT2D eigenvalue weighted by Crippen LogP contribution is 2.28. The molecule has 0 saturated heterocycles. The van der Waals surface area contributed by atoms with Gasteiger partial charge in [-0.3, -0.25) is 13.9 Å². The third kappa shape index (κ3) is 7.23. The van der Waals surface area contributed by atoms with E-state index in [0.29, 0.717) is 17.7 Å². The molecule has 39 heavy (non-hydrogen) atoms. The molecule has 0 aliphatic rings. The van der Waals surface area contributed by atoms with Gasteiger partial charge in [-0.05, 0) is 63.9 Å². The zero-order chi connectivity index (χ0) is 28.7. The summed E-state index contributed by atoms with van der Waals surface area (Å²) in [6.45, 7) is 8.23. The van der Waals surface area contributed by atoms with Gasteiger partial charge in [-0.2, -0.15) is 0 Å². The smallest absolute Gasteiger partial charge is 0.264 e. The van der Waals surface area contributed by atoms with Crippen LogP contribution < -0.4 is 9.62 Å². The molecule has 7 nitrogen and oxygen atoms in total. The second-order valence-electron chi connectivity index (χ2n) is 9.72. The first-order valence-electron chi connectivity index (χ1n) is 12.9. The van der Waals surface area contributed by atoms with Crippen LogP contribution in [-0.2, 0) is 26.2 Å². The number of benzene rings is 3. The Hall–Kier alpha value is -3.72. The largest absolute Gasteiger partial charge is 0.352 e. The fourth-order valence-corrected chi connectivity index (χ4v) is 5.68. The summed E-state index contributed by atoms with van der Waals surface area (Å²) in [5, 5.41) is 2.86. The Morgan fingerprint density at radius 3 is 2.21 bits per heavy atom. The van der Waals surface area contributed by atoms with Gasteiger partial charge in [-0.25, -0.2) is 12.8 Å². The Labute approximate surface area is 230 Å². The molecular formula is C30H36FN3O4S. The van der Waals surface area contributed by atoms with Crippen molar-refractivity contribution >= 4 is 27.5 Å². The van der Waals surface area contributed by atoms with Gasteiger partial charge in [0, 0.05) is 18.2 Å². The zero-order valence-electron chi connectivity index (χ0n) is 23.0. The summed E-state index contributed by atoms with van der Waals surface area (Å²) in [4.78, 5) is 28.2. The van der Waals surface area contributed by atoms with Gasteiger partial charge in [0.15, 0.2) is 0 Å². The third-order valence-corrected chi connectivity index (χ3v) is 8.47. The van der Waals surface area contributed by atoms with Gasteiger partial charge >= 0.3 is 0 Å².